The smallest absolute Gasteiger partial charge is 0.133 e. The highest BCUT2D eigenvalue weighted by Crippen LogP contribution is 2.21. The van der Waals surface area contributed by atoms with Crippen molar-refractivity contribution in [2.75, 3.05) is 0 Å². The molecule has 0 bridgehead atoms. The molecule has 120 valence electrons. The number of aryl methyl sites for hydroxylation is 1. The third-order valence-electron chi connectivity index (χ3n) is 2.74. The van der Waals surface area contributed by atoms with Gasteiger partial charge in [0.15, 0.2) is 0 Å². The van der Waals surface area contributed by atoms with Gasteiger partial charge in [0.05, 0.1) is 17.3 Å². The first kappa shape index (κ1) is 18.1. The lowest BCUT2D eigenvalue weighted by molar-refractivity contribution is 1.17. The van der Waals surface area contributed by atoms with Crippen molar-refractivity contribution >= 4 is 34.8 Å². The highest BCUT2D eigenvalue weighted by atomic mass is 35.5. The molecule has 0 fully saturated rings. The van der Waals surface area contributed by atoms with Crippen LogP contribution in [0.2, 0.25) is 15.5 Å². The molecule has 0 saturated heterocycles. The Labute approximate surface area is 153 Å². The predicted octanol–water partition coefficient (Wildman–Crippen LogP) is 4.76. The summed E-state index contributed by atoms with van der Waals surface area (Å²) < 4.78 is 0. The number of aromatic nitrogens is 4. The molecule has 5 nitrogen and oxygen atoms in total. The molecule has 2 heterocycles. The molecule has 3 aromatic rings. The van der Waals surface area contributed by atoms with Crippen LogP contribution >= 0.6 is 34.8 Å². The summed E-state index contributed by atoms with van der Waals surface area (Å²) in [5.41, 5.74) is 3.23. The molecule has 0 saturated carbocycles. The van der Waals surface area contributed by atoms with Gasteiger partial charge in [0.1, 0.15) is 28.1 Å². The molecule has 3 rings (SSSR count). The van der Waals surface area contributed by atoms with Crippen molar-refractivity contribution in [1.29, 1.82) is 5.26 Å². The van der Waals surface area contributed by atoms with Crippen molar-refractivity contribution in [2.24, 2.45) is 0 Å². The minimum Gasteiger partial charge on any atom is -0.236 e. The minimum atomic E-state index is 0.366. The lowest BCUT2D eigenvalue weighted by Gasteiger charge is -2.03. The summed E-state index contributed by atoms with van der Waals surface area (Å²) in [6, 6.07) is 10.8. The summed E-state index contributed by atoms with van der Waals surface area (Å²) in [5.74, 6) is 0. The first-order valence-electron chi connectivity index (χ1n) is 6.60. The summed E-state index contributed by atoms with van der Waals surface area (Å²) in [5, 5.41) is 10.0. The van der Waals surface area contributed by atoms with Crippen LogP contribution in [0.1, 0.15) is 11.1 Å². The fourth-order valence-electron chi connectivity index (χ4n) is 1.80. The molecule has 24 heavy (non-hydrogen) atoms. The van der Waals surface area contributed by atoms with Crippen molar-refractivity contribution in [3.05, 3.63) is 69.6 Å². The first-order chi connectivity index (χ1) is 11.5. The quantitative estimate of drug-likeness (QED) is 0.571. The normalized spacial score (nSPS) is 9.62. The van der Waals surface area contributed by atoms with Gasteiger partial charge in [0, 0.05) is 17.7 Å². The summed E-state index contributed by atoms with van der Waals surface area (Å²) in [6.07, 6.45) is 2.72. The minimum absolute atomic E-state index is 0.366. The van der Waals surface area contributed by atoms with E-state index in [1.54, 1.807) is 12.1 Å². The van der Waals surface area contributed by atoms with E-state index in [-0.39, 0.29) is 0 Å². The molecular weight excluding hydrogens is 369 g/mol. The van der Waals surface area contributed by atoms with Crippen molar-refractivity contribution in [3.8, 4) is 17.3 Å². The Bertz CT molecular complexity index is 876. The van der Waals surface area contributed by atoms with E-state index in [1.165, 1.54) is 18.7 Å². The fourth-order valence-corrected chi connectivity index (χ4v) is 2.30. The summed E-state index contributed by atoms with van der Waals surface area (Å²) in [7, 11) is 0. The molecule has 0 radical (unpaired) electrons. The van der Waals surface area contributed by atoms with Crippen LogP contribution in [0.25, 0.3) is 11.3 Å². The third-order valence-corrected chi connectivity index (χ3v) is 3.36. The average molecular weight is 379 g/mol. The van der Waals surface area contributed by atoms with Crippen LogP contribution in [-0.4, -0.2) is 19.9 Å². The molecule has 0 N–H and O–H groups in total. The molecule has 0 unspecified atom stereocenters. The van der Waals surface area contributed by atoms with Crippen molar-refractivity contribution < 1.29 is 0 Å². The third kappa shape index (κ3) is 5.43. The second-order valence-electron chi connectivity index (χ2n) is 4.59. The lowest BCUT2D eigenvalue weighted by Crippen LogP contribution is -1.88. The van der Waals surface area contributed by atoms with Gasteiger partial charge < -0.3 is 0 Å². The SMILES string of the molecule is Cc1cc(C#N)cc(-c2cc(Cl)ncn2)c1.Clc1cc(Cl)ncn1. The predicted molar refractivity (Wildman–Crippen MR) is 94.0 cm³/mol. The van der Waals surface area contributed by atoms with Crippen LogP contribution in [0, 0.1) is 18.3 Å². The van der Waals surface area contributed by atoms with Gasteiger partial charge >= 0.3 is 0 Å². The summed E-state index contributed by atoms with van der Waals surface area (Å²) in [6.45, 7) is 1.94. The number of nitriles is 1. The number of hydrogen-bond donors (Lipinski definition) is 0. The monoisotopic (exact) mass is 377 g/mol. The molecule has 0 atom stereocenters. The molecule has 0 aliphatic rings. The van der Waals surface area contributed by atoms with Crippen LogP contribution in [0.4, 0.5) is 0 Å². The molecule has 8 heteroatoms. The molecule has 0 aliphatic heterocycles. The zero-order chi connectivity index (χ0) is 17.5. The Kier molecular flexibility index (Phi) is 6.44. The molecular formula is C16H10Cl3N5. The summed E-state index contributed by atoms with van der Waals surface area (Å²) in [4.78, 5) is 15.2. The van der Waals surface area contributed by atoms with Crippen LogP contribution in [0.5, 0.6) is 0 Å². The van der Waals surface area contributed by atoms with Gasteiger partial charge in [-0.25, -0.2) is 19.9 Å². The Morgan fingerprint density at radius 2 is 1.38 bits per heavy atom. The molecule has 1 aromatic carbocycles. The van der Waals surface area contributed by atoms with E-state index in [2.05, 4.69) is 26.0 Å². The van der Waals surface area contributed by atoms with Crippen LogP contribution < -0.4 is 0 Å². The maximum absolute atomic E-state index is 8.88. The van der Waals surface area contributed by atoms with Gasteiger partial charge in [-0.05, 0) is 30.7 Å². The van der Waals surface area contributed by atoms with E-state index >= 15 is 0 Å². The summed E-state index contributed by atoms with van der Waals surface area (Å²) >= 11 is 16.6. The number of nitrogens with zero attached hydrogens (tertiary/aromatic N) is 5. The van der Waals surface area contributed by atoms with Gasteiger partial charge in [-0.3, -0.25) is 0 Å². The van der Waals surface area contributed by atoms with Crippen LogP contribution in [-0.2, 0) is 0 Å². The number of halogens is 3. The zero-order valence-corrected chi connectivity index (χ0v) is 14.7. The highest BCUT2D eigenvalue weighted by molar-refractivity contribution is 6.33. The van der Waals surface area contributed by atoms with Crippen LogP contribution in [0.15, 0.2) is 43.0 Å². The molecule has 0 amide bonds. The number of benzene rings is 1. The van der Waals surface area contributed by atoms with Gasteiger partial charge in [0.2, 0.25) is 0 Å². The second-order valence-corrected chi connectivity index (χ2v) is 5.75. The number of rotatable bonds is 1. The largest absolute Gasteiger partial charge is 0.236 e. The van der Waals surface area contributed by atoms with E-state index in [4.69, 9.17) is 40.1 Å². The van der Waals surface area contributed by atoms with Gasteiger partial charge in [0.25, 0.3) is 0 Å². The Morgan fingerprint density at radius 3 is 1.88 bits per heavy atom. The zero-order valence-electron chi connectivity index (χ0n) is 12.4. The van der Waals surface area contributed by atoms with E-state index in [0.717, 1.165) is 16.8 Å². The Balaban J connectivity index is 0.000000219. The maximum Gasteiger partial charge on any atom is 0.133 e. The van der Waals surface area contributed by atoms with E-state index < -0.39 is 0 Å². The standard InChI is InChI=1S/C12H8ClN3.C4H2Cl2N2/c1-8-2-9(6-14)4-10(3-8)11-5-12(13)16-7-15-11;5-3-1-4(6)8-2-7-3/h2-5,7H,1H3;1-2H. The van der Waals surface area contributed by atoms with Gasteiger partial charge in [-0.1, -0.05) is 34.8 Å². The second kappa shape index (κ2) is 8.55. The Morgan fingerprint density at radius 1 is 0.792 bits per heavy atom. The fraction of sp³-hybridized carbons (Fsp3) is 0.0625. The van der Waals surface area contributed by atoms with E-state index in [0.29, 0.717) is 21.0 Å². The van der Waals surface area contributed by atoms with Gasteiger partial charge in [-0.15, -0.1) is 0 Å². The van der Waals surface area contributed by atoms with Crippen LogP contribution in [0.3, 0.4) is 0 Å². The van der Waals surface area contributed by atoms with Crippen molar-refractivity contribution in [3.63, 3.8) is 0 Å². The highest BCUT2D eigenvalue weighted by Gasteiger charge is 2.03. The first-order valence-corrected chi connectivity index (χ1v) is 7.74. The Hall–Kier alpha value is -2.26. The van der Waals surface area contributed by atoms with Gasteiger partial charge in [-0.2, -0.15) is 5.26 Å². The van der Waals surface area contributed by atoms with E-state index in [9.17, 15) is 0 Å². The number of hydrogen-bond acceptors (Lipinski definition) is 5. The van der Waals surface area contributed by atoms with E-state index in [1.807, 2.05) is 19.1 Å². The molecule has 0 spiro atoms. The average Bonchev–Trinajstić information content (AvgIpc) is 2.54. The molecule has 2 aromatic heterocycles. The maximum atomic E-state index is 8.88. The van der Waals surface area contributed by atoms with Crippen molar-refractivity contribution in [1.82, 2.24) is 19.9 Å². The topological polar surface area (TPSA) is 75.3 Å². The lowest BCUT2D eigenvalue weighted by atomic mass is 10.0. The van der Waals surface area contributed by atoms with Crippen molar-refractivity contribution in [2.45, 2.75) is 6.92 Å². The molecule has 0 aliphatic carbocycles.